The van der Waals surface area contributed by atoms with Crippen molar-refractivity contribution in [1.29, 1.82) is 0 Å². The van der Waals surface area contributed by atoms with Gasteiger partial charge >= 0.3 is 0 Å². The molecule has 114 valence electrons. The highest BCUT2D eigenvalue weighted by molar-refractivity contribution is 7.91. The molecule has 1 saturated heterocycles. The second-order valence-electron chi connectivity index (χ2n) is 5.58. The zero-order chi connectivity index (χ0) is 14.8. The Bertz CT molecular complexity index is 566. The molecule has 1 aliphatic heterocycles. The lowest BCUT2D eigenvalue weighted by Crippen LogP contribution is -2.51. The standard InChI is InChI=1S/C14H24N2O2S2/c1-4-8-15-14(7-6-9-20(17,18)10-14)13-16-12(5-2)11(3)19-13/h15H,4-10H2,1-3H3. The fourth-order valence-electron chi connectivity index (χ4n) is 2.82. The molecule has 2 rings (SSSR count). The van der Waals surface area contributed by atoms with Gasteiger partial charge < -0.3 is 5.32 Å². The first kappa shape index (κ1) is 15.9. The van der Waals surface area contributed by atoms with Gasteiger partial charge in [-0.3, -0.25) is 0 Å². The van der Waals surface area contributed by atoms with Crippen LogP contribution < -0.4 is 5.32 Å². The van der Waals surface area contributed by atoms with E-state index in [-0.39, 0.29) is 5.75 Å². The molecular formula is C14H24N2O2S2. The normalized spacial score (nSPS) is 25.8. The fourth-order valence-corrected chi connectivity index (χ4v) is 5.97. The number of hydrogen-bond donors (Lipinski definition) is 1. The fraction of sp³-hybridized carbons (Fsp3) is 0.786. The van der Waals surface area contributed by atoms with Crippen molar-refractivity contribution < 1.29 is 8.42 Å². The van der Waals surface area contributed by atoms with E-state index in [0.717, 1.165) is 42.9 Å². The Balaban J connectivity index is 2.40. The van der Waals surface area contributed by atoms with Crippen LogP contribution in [0.5, 0.6) is 0 Å². The number of aromatic nitrogens is 1. The molecule has 0 bridgehead atoms. The summed E-state index contributed by atoms with van der Waals surface area (Å²) in [6.45, 7) is 7.10. The molecule has 0 aromatic carbocycles. The minimum absolute atomic E-state index is 0.191. The molecule has 1 N–H and O–H groups in total. The molecule has 1 fully saturated rings. The molecule has 2 heterocycles. The highest BCUT2D eigenvalue weighted by Gasteiger charge is 2.42. The first-order valence-corrected chi connectivity index (χ1v) is 9.98. The third kappa shape index (κ3) is 3.23. The summed E-state index contributed by atoms with van der Waals surface area (Å²) in [5.41, 5.74) is 0.640. The van der Waals surface area contributed by atoms with Crippen molar-refractivity contribution in [3.05, 3.63) is 15.6 Å². The van der Waals surface area contributed by atoms with Crippen LogP contribution in [0.1, 0.15) is 48.7 Å². The molecule has 1 aliphatic rings. The van der Waals surface area contributed by atoms with Crippen LogP contribution >= 0.6 is 11.3 Å². The molecule has 20 heavy (non-hydrogen) atoms. The molecule has 0 saturated carbocycles. The van der Waals surface area contributed by atoms with E-state index in [2.05, 4.69) is 26.1 Å². The van der Waals surface area contributed by atoms with Crippen LogP contribution in [0.15, 0.2) is 0 Å². The van der Waals surface area contributed by atoms with Gasteiger partial charge in [0, 0.05) is 4.88 Å². The summed E-state index contributed by atoms with van der Waals surface area (Å²) < 4.78 is 24.2. The van der Waals surface area contributed by atoms with Crippen LogP contribution in [0, 0.1) is 6.92 Å². The van der Waals surface area contributed by atoms with E-state index >= 15 is 0 Å². The van der Waals surface area contributed by atoms with Crippen LogP contribution in [-0.4, -0.2) is 31.5 Å². The highest BCUT2D eigenvalue weighted by Crippen LogP contribution is 2.36. The summed E-state index contributed by atoms with van der Waals surface area (Å²) >= 11 is 1.66. The van der Waals surface area contributed by atoms with E-state index in [0.29, 0.717) is 5.75 Å². The zero-order valence-electron chi connectivity index (χ0n) is 12.5. The van der Waals surface area contributed by atoms with Gasteiger partial charge in [-0.25, -0.2) is 13.4 Å². The highest BCUT2D eigenvalue weighted by atomic mass is 32.2. The van der Waals surface area contributed by atoms with Gasteiger partial charge in [-0.2, -0.15) is 0 Å². The lowest BCUT2D eigenvalue weighted by Gasteiger charge is -2.36. The second-order valence-corrected chi connectivity index (χ2v) is 8.97. The molecule has 4 nitrogen and oxygen atoms in total. The summed E-state index contributed by atoms with van der Waals surface area (Å²) in [5, 5.41) is 4.45. The smallest absolute Gasteiger partial charge is 0.152 e. The maximum absolute atomic E-state index is 12.1. The summed E-state index contributed by atoms with van der Waals surface area (Å²) in [4.78, 5) is 5.95. The van der Waals surface area contributed by atoms with E-state index in [1.165, 1.54) is 4.88 Å². The van der Waals surface area contributed by atoms with Gasteiger partial charge in [-0.05, 0) is 39.2 Å². The van der Waals surface area contributed by atoms with Crippen molar-refractivity contribution in [3.8, 4) is 0 Å². The van der Waals surface area contributed by atoms with E-state index in [4.69, 9.17) is 4.98 Å². The Morgan fingerprint density at radius 2 is 2.15 bits per heavy atom. The maximum atomic E-state index is 12.1. The van der Waals surface area contributed by atoms with Crippen LogP contribution in [0.2, 0.25) is 0 Å². The number of hydrogen-bond acceptors (Lipinski definition) is 5. The molecule has 0 radical (unpaired) electrons. The SMILES string of the molecule is CCCNC1(c2nc(CC)c(C)s2)CCCS(=O)(=O)C1. The molecule has 1 unspecified atom stereocenters. The average Bonchev–Trinajstić information content (AvgIpc) is 2.77. The Labute approximate surface area is 125 Å². The minimum Gasteiger partial charge on any atom is -0.305 e. The van der Waals surface area contributed by atoms with Gasteiger partial charge in [0.05, 0.1) is 22.7 Å². The van der Waals surface area contributed by atoms with Crippen molar-refractivity contribution in [2.45, 2.75) is 52.0 Å². The van der Waals surface area contributed by atoms with E-state index in [1.54, 1.807) is 11.3 Å². The lowest BCUT2D eigenvalue weighted by atomic mass is 9.96. The van der Waals surface area contributed by atoms with Crippen LogP contribution in [0.4, 0.5) is 0 Å². The number of sulfone groups is 1. The van der Waals surface area contributed by atoms with Crippen molar-refractivity contribution in [2.24, 2.45) is 0 Å². The summed E-state index contributed by atoms with van der Waals surface area (Å²) in [6, 6.07) is 0. The number of rotatable bonds is 5. The van der Waals surface area contributed by atoms with Crippen molar-refractivity contribution >= 4 is 21.2 Å². The Morgan fingerprint density at radius 1 is 1.40 bits per heavy atom. The van der Waals surface area contributed by atoms with Crippen molar-refractivity contribution in [2.75, 3.05) is 18.1 Å². The first-order chi connectivity index (χ1) is 9.42. The van der Waals surface area contributed by atoms with Gasteiger partial charge in [0.25, 0.3) is 0 Å². The molecule has 0 aliphatic carbocycles. The van der Waals surface area contributed by atoms with E-state index < -0.39 is 15.4 Å². The first-order valence-electron chi connectivity index (χ1n) is 7.34. The summed E-state index contributed by atoms with van der Waals surface area (Å²) in [6.07, 6.45) is 3.48. The third-order valence-corrected chi connectivity index (χ3v) is 6.94. The van der Waals surface area contributed by atoms with Gasteiger partial charge in [-0.1, -0.05) is 13.8 Å². The van der Waals surface area contributed by atoms with Gasteiger partial charge in [0.2, 0.25) is 0 Å². The van der Waals surface area contributed by atoms with Crippen LogP contribution in [-0.2, 0) is 21.8 Å². The number of thiazole rings is 1. The maximum Gasteiger partial charge on any atom is 0.152 e. The topological polar surface area (TPSA) is 59.1 Å². The van der Waals surface area contributed by atoms with E-state index in [1.807, 2.05) is 0 Å². The number of nitrogens with zero attached hydrogens (tertiary/aromatic N) is 1. The predicted octanol–water partition coefficient (Wildman–Crippen LogP) is 2.42. The van der Waals surface area contributed by atoms with Crippen LogP contribution in [0.3, 0.4) is 0 Å². The third-order valence-electron chi connectivity index (χ3n) is 3.88. The van der Waals surface area contributed by atoms with Crippen molar-refractivity contribution in [1.82, 2.24) is 10.3 Å². The van der Waals surface area contributed by atoms with Gasteiger partial charge in [0.15, 0.2) is 9.84 Å². The van der Waals surface area contributed by atoms with Gasteiger partial charge in [0.1, 0.15) is 5.01 Å². The molecule has 1 aromatic heterocycles. The van der Waals surface area contributed by atoms with Crippen LogP contribution in [0.25, 0.3) is 0 Å². The second kappa shape index (κ2) is 6.12. The Morgan fingerprint density at radius 3 is 2.70 bits per heavy atom. The number of aryl methyl sites for hydroxylation is 2. The molecule has 0 amide bonds. The Kier molecular flexibility index (Phi) is 4.87. The van der Waals surface area contributed by atoms with Crippen molar-refractivity contribution in [3.63, 3.8) is 0 Å². The lowest BCUT2D eigenvalue weighted by molar-refractivity contribution is 0.326. The zero-order valence-corrected chi connectivity index (χ0v) is 14.2. The Hall–Kier alpha value is -0.460. The minimum atomic E-state index is -2.98. The molecule has 6 heteroatoms. The largest absolute Gasteiger partial charge is 0.305 e. The number of nitrogens with one attached hydrogen (secondary N) is 1. The quantitative estimate of drug-likeness (QED) is 0.906. The monoisotopic (exact) mass is 316 g/mol. The predicted molar refractivity (Wildman–Crippen MR) is 84.1 cm³/mol. The molecule has 1 atom stereocenters. The molecular weight excluding hydrogens is 292 g/mol. The van der Waals surface area contributed by atoms with E-state index in [9.17, 15) is 8.42 Å². The summed E-state index contributed by atoms with van der Waals surface area (Å²) in [7, 11) is -2.98. The molecule has 0 spiro atoms. The summed E-state index contributed by atoms with van der Waals surface area (Å²) in [5.74, 6) is 0.504. The molecule has 1 aromatic rings. The average molecular weight is 316 g/mol. The van der Waals surface area contributed by atoms with Gasteiger partial charge in [-0.15, -0.1) is 11.3 Å².